The molecule has 6 heteroatoms. The first-order chi connectivity index (χ1) is 16.0. The Labute approximate surface area is 192 Å². The van der Waals surface area contributed by atoms with E-state index in [1.807, 2.05) is 60.7 Å². The van der Waals surface area contributed by atoms with E-state index in [0.29, 0.717) is 29.8 Å². The number of fused-ring (bicyclic) bond motifs is 3. The van der Waals surface area contributed by atoms with Crippen LogP contribution in [0.2, 0.25) is 0 Å². The molecule has 0 spiro atoms. The van der Waals surface area contributed by atoms with Crippen molar-refractivity contribution in [2.75, 3.05) is 18.7 Å². The molecule has 0 saturated heterocycles. The summed E-state index contributed by atoms with van der Waals surface area (Å²) in [6.45, 7) is 4.39. The highest BCUT2D eigenvalue weighted by molar-refractivity contribution is 5.86. The molecule has 1 aliphatic rings. The number of rotatable bonds is 3. The van der Waals surface area contributed by atoms with Gasteiger partial charge in [-0.1, -0.05) is 42.5 Å². The van der Waals surface area contributed by atoms with Gasteiger partial charge in [-0.15, -0.1) is 0 Å². The minimum Gasteiger partial charge on any atom is -0.495 e. The maximum absolute atomic E-state index is 13.1. The van der Waals surface area contributed by atoms with Gasteiger partial charge in [-0.25, -0.2) is 0 Å². The average Bonchev–Trinajstić information content (AvgIpc) is 2.84. The molecule has 0 radical (unpaired) electrons. The van der Waals surface area contributed by atoms with Crippen LogP contribution < -0.4 is 19.8 Å². The van der Waals surface area contributed by atoms with E-state index in [-0.39, 0.29) is 11.5 Å². The third-order valence-electron chi connectivity index (χ3n) is 5.24. The third kappa shape index (κ3) is 4.71. The smallest absolute Gasteiger partial charge is 0.200 e. The molecular formula is C27H27NO5. The summed E-state index contributed by atoms with van der Waals surface area (Å²) in [5.41, 5.74) is 3.70. The van der Waals surface area contributed by atoms with Gasteiger partial charge in [0.25, 0.3) is 0 Å². The second-order valence-corrected chi connectivity index (χ2v) is 8.00. The van der Waals surface area contributed by atoms with E-state index in [4.69, 9.17) is 19.0 Å². The summed E-state index contributed by atoms with van der Waals surface area (Å²) in [4.78, 5) is 15.2. The van der Waals surface area contributed by atoms with Crippen LogP contribution in [-0.4, -0.2) is 25.1 Å². The molecule has 0 atom stereocenters. The highest BCUT2D eigenvalue weighted by Crippen LogP contribution is 2.36. The Hall–Kier alpha value is -3.77. The molecule has 5 rings (SSSR count). The zero-order valence-electron chi connectivity index (χ0n) is 18.9. The molecule has 0 fully saturated rings. The first kappa shape index (κ1) is 22.4. The van der Waals surface area contributed by atoms with Crippen LogP contribution in [0.5, 0.6) is 11.5 Å². The van der Waals surface area contributed by atoms with Crippen molar-refractivity contribution >= 4 is 16.7 Å². The lowest BCUT2D eigenvalue weighted by molar-refractivity contribution is 0.216. The number of anilines is 1. The van der Waals surface area contributed by atoms with Crippen molar-refractivity contribution < 1.29 is 19.0 Å². The fourth-order valence-corrected chi connectivity index (χ4v) is 3.77. The molecule has 1 aliphatic heterocycles. The van der Waals surface area contributed by atoms with E-state index in [1.165, 1.54) is 0 Å². The second-order valence-electron chi connectivity index (χ2n) is 8.00. The highest BCUT2D eigenvalue weighted by atomic mass is 16.5. The Kier molecular flexibility index (Phi) is 6.66. The summed E-state index contributed by atoms with van der Waals surface area (Å²) in [5, 5.41) is 8.61. The minimum atomic E-state index is -0.167. The summed E-state index contributed by atoms with van der Waals surface area (Å²) in [6, 6.07) is 21.0. The van der Waals surface area contributed by atoms with Crippen LogP contribution in [0.3, 0.4) is 0 Å². The first-order valence-electron chi connectivity index (χ1n) is 10.8. The Morgan fingerprint density at radius 3 is 2.42 bits per heavy atom. The van der Waals surface area contributed by atoms with Crippen molar-refractivity contribution in [2.24, 2.45) is 0 Å². The van der Waals surface area contributed by atoms with Crippen LogP contribution >= 0.6 is 0 Å². The predicted molar refractivity (Wildman–Crippen MR) is 130 cm³/mol. The molecule has 3 aromatic carbocycles. The summed E-state index contributed by atoms with van der Waals surface area (Å²) in [6.07, 6.45) is 1.38. The maximum atomic E-state index is 13.1. The van der Waals surface area contributed by atoms with Crippen molar-refractivity contribution in [3.8, 4) is 22.6 Å². The number of aliphatic hydroxyl groups excluding tert-OH is 1. The largest absolute Gasteiger partial charge is 0.495 e. The zero-order valence-corrected chi connectivity index (χ0v) is 18.9. The molecule has 0 aliphatic carbocycles. The molecule has 0 unspecified atom stereocenters. The molecule has 0 saturated carbocycles. The Morgan fingerprint density at radius 1 is 1.00 bits per heavy atom. The molecule has 2 heterocycles. The fraction of sp³-hybridized carbons (Fsp3) is 0.222. The van der Waals surface area contributed by atoms with Crippen molar-refractivity contribution in [3.05, 3.63) is 88.8 Å². The maximum Gasteiger partial charge on any atom is 0.200 e. The minimum absolute atomic E-state index is 0.0466. The number of methoxy groups -OCH3 is 1. The van der Waals surface area contributed by atoms with Crippen molar-refractivity contribution in [1.29, 1.82) is 0 Å². The number of para-hydroxylation sites is 2. The first-order valence-corrected chi connectivity index (χ1v) is 10.8. The van der Waals surface area contributed by atoms with Gasteiger partial charge >= 0.3 is 0 Å². The summed E-state index contributed by atoms with van der Waals surface area (Å²) in [5.74, 6) is 1.51. The Balaban J connectivity index is 0.000000601. The second kappa shape index (κ2) is 9.79. The fourth-order valence-electron chi connectivity index (χ4n) is 3.77. The van der Waals surface area contributed by atoms with E-state index in [0.717, 1.165) is 28.3 Å². The number of ether oxygens (including phenoxy) is 2. The summed E-state index contributed by atoms with van der Waals surface area (Å²) in [7, 11) is 1.65. The van der Waals surface area contributed by atoms with Crippen LogP contribution in [-0.2, 0) is 6.54 Å². The quantitative estimate of drug-likeness (QED) is 0.467. The van der Waals surface area contributed by atoms with E-state index in [1.54, 1.807) is 33.3 Å². The molecule has 6 nitrogen and oxygen atoms in total. The Bertz CT molecular complexity index is 1290. The summed E-state index contributed by atoms with van der Waals surface area (Å²) >= 11 is 0. The van der Waals surface area contributed by atoms with E-state index in [2.05, 4.69) is 4.90 Å². The Morgan fingerprint density at radius 2 is 1.70 bits per heavy atom. The third-order valence-corrected chi connectivity index (χ3v) is 5.24. The van der Waals surface area contributed by atoms with Gasteiger partial charge in [0.05, 0.1) is 35.9 Å². The standard InChI is InChI=1S/C24H19NO4.C3H8O/c1-27-22-10-6-5-9-20(22)25-13-18-21(29-15-25)12-11-17-23(26)19(14-28-24(17)18)16-7-3-2-4-8-16;1-3(2)4/h2-12,14H,13,15H2,1H3;3-4H,1-2H3. The molecular weight excluding hydrogens is 418 g/mol. The van der Waals surface area contributed by atoms with Gasteiger partial charge in [0, 0.05) is 6.10 Å². The molecule has 1 aromatic heterocycles. The van der Waals surface area contributed by atoms with Gasteiger partial charge in [-0.3, -0.25) is 4.79 Å². The summed E-state index contributed by atoms with van der Waals surface area (Å²) < 4.78 is 17.4. The predicted octanol–water partition coefficient (Wildman–Crippen LogP) is 5.21. The van der Waals surface area contributed by atoms with Crippen molar-refractivity contribution in [1.82, 2.24) is 0 Å². The van der Waals surface area contributed by atoms with Crippen LogP contribution in [0.25, 0.3) is 22.1 Å². The van der Waals surface area contributed by atoms with E-state index < -0.39 is 0 Å². The van der Waals surface area contributed by atoms with E-state index in [9.17, 15) is 4.79 Å². The SMILES string of the molecule is CC(C)O.COc1ccccc1N1COc2ccc3c(=O)c(-c4ccccc4)coc3c2C1. The lowest BCUT2D eigenvalue weighted by atomic mass is 10.0. The molecule has 0 amide bonds. The van der Waals surface area contributed by atoms with Gasteiger partial charge in [-0.05, 0) is 43.7 Å². The van der Waals surface area contributed by atoms with Gasteiger partial charge in [0.15, 0.2) is 6.73 Å². The van der Waals surface area contributed by atoms with Crippen molar-refractivity contribution in [2.45, 2.75) is 26.5 Å². The number of aliphatic hydroxyl groups is 1. The molecule has 1 N–H and O–H groups in total. The van der Waals surface area contributed by atoms with E-state index >= 15 is 0 Å². The highest BCUT2D eigenvalue weighted by Gasteiger charge is 2.24. The lowest BCUT2D eigenvalue weighted by Crippen LogP contribution is -2.32. The monoisotopic (exact) mass is 445 g/mol. The van der Waals surface area contributed by atoms with Crippen LogP contribution in [0.15, 0.2) is 82.2 Å². The molecule has 170 valence electrons. The zero-order chi connectivity index (χ0) is 23.4. The lowest BCUT2D eigenvalue weighted by Gasteiger charge is -2.31. The van der Waals surface area contributed by atoms with Crippen molar-refractivity contribution in [3.63, 3.8) is 0 Å². The average molecular weight is 446 g/mol. The molecule has 4 aromatic rings. The number of benzene rings is 3. The van der Waals surface area contributed by atoms with Gasteiger partial charge in [0.2, 0.25) is 5.43 Å². The molecule has 33 heavy (non-hydrogen) atoms. The normalized spacial score (nSPS) is 12.6. The van der Waals surface area contributed by atoms with Gasteiger partial charge < -0.3 is 23.9 Å². The number of hydrogen-bond acceptors (Lipinski definition) is 6. The van der Waals surface area contributed by atoms with Gasteiger partial charge in [0.1, 0.15) is 23.3 Å². The van der Waals surface area contributed by atoms with Crippen LogP contribution in [0.1, 0.15) is 19.4 Å². The van der Waals surface area contributed by atoms with Crippen LogP contribution in [0, 0.1) is 0 Å². The molecule has 0 bridgehead atoms. The topological polar surface area (TPSA) is 72.1 Å². The number of nitrogens with zero attached hydrogens (tertiary/aromatic N) is 1. The number of hydrogen-bond donors (Lipinski definition) is 1. The van der Waals surface area contributed by atoms with Gasteiger partial charge in [-0.2, -0.15) is 0 Å². The van der Waals surface area contributed by atoms with Crippen LogP contribution in [0.4, 0.5) is 5.69 Å².